The number of amides is 2. The van der Waals surface area contributed by atoms with Gasteiger partial charge in [0.1, 0.15) is 11.9 Å². The number of alkyl carbamates (subject to hydrolysis) is 1. The molecule has 9 heteroatoms. The molecule has 2 aromatic carbocycles. The number of oxazole rings is 1. The minimum Gasteiger partial charge on any atom is -0.496 e. The molecule has 0 aliphatic carbocycles. The van der Waals surface area contributed by atoms with Gasteiger partial charge in [-0.15, -0.1) is 0 Å². The molecular formula is C24H25N3O6. The highest BCUT2D eigenvalue weighted by Crippen LogP contribution is 2.32. The fourth-order valence-corrected chi connectivity index (χ4v) is 3.53. The van der Waals surface area contributed by atoms with Crippen LogP contribution in [0.5, 0.6) is 5.75 Å². The molecule has 3 aromatic rings. The Morgan fingerprint density at radius 2 is 2.06 bits per heavy atom. The maximum Gasteiger partial charge on any atom is 0.407 e. The van der Waals surface area contributed by atoms with Gasteiger partial charge in [0.2, 0.25) is 5.91 Å². The molecule has 0 spiro atoms. The molecule has 2 amide bonds. The predicted molar refractivity (Wildman–Crippen MR) is 120 cm³/mol. The molecule has 0 radical (unpaired) electrons. The molecule has 1 aliphatic heterocycles. The number of carbonyl (C=O) groups is 2. The van der Waals surface area contributed by atoms with E-state index in [0.29, 0.717) is 43.4 Å². The van der Waals surface area contributed by atoms with Crippen LogP contribution in [0.3, 0.4) is 0 Å². The Kier molecular flexibility index (Phi) is 7.21. The Labute approximate surface area is 191 Å². The molecule has 0 saturated carbocycles. The van der Waals surface area contributed by atoms with E-state index in [1.807, 2.05) is 24.3 Å². The molecule has 33 heavy (non-hydrogen) atoms. The van der Waals surface area contributed by atoms with E-state index in [-0.39, 0.29) is 18.4 Å². The molecule has 4 rings (SSSR count). The van der Waals surface area contributed by atoms with Crippen molar-refractivity contribution in [2.24, 2.45) is 0 Å². The number of aromatic nitrogens is 1. The highest BCUT2D eigenvalue weighted by atomic mass is 16.6. The highest BCUT2D eigenvalue weighted by molar-refractivity contribution is 5.93. The van der Waals surface area contributed by atoms with Crippen molar-refractivity contribution in [3.63, 3.8) is 0 Å². The third-order valence-electron chi connectivity index (χ3n) is 5.14. The van der Waals surface area contributed by atoms with Crippen molar-refractivity contribution >= 4 is 17.7 Å². The van der Waals surface area contributed by atoms with Crippen LogP contribution in [0.15, 0.2) is 59.5 Å². The summed E-state index contributed by atoms with van der Waals surface area (Å²) >= 11 is 0. The van der Waals surface area contributed by atoms with E-state index in [1.165, 1.54) is 6.39 Å². The fraction of sp³-hybridized carbons (Fsp3) is 0.292. The second-order valence-corrected chi connectivity index (χ2v) is 7.57. The minimum atomic E-state index is -0.476. The van der Waals surface area contributed by atoms with Crippen molar-refractivity contribution < 1.29 is 28.2 Å². The van der Waals surface area contributed by atoms with Crippen LogP contribution in [0.25, 0.3) is 11.3 Å². The molecule has 1 unspecified atom stereocenters. The summed E-state index contributed by atoms with van der Waals surface area (Å²) in [4.78, 5) is 28.4. The van der Waals surface area contributed by atoms with E-state index >= 15 is 0 Å². The normalized spacial score (nSPS) is 15.1. The molecule has 2 heterocycles. The lowest BCUT2D eigenvalue weighted by molar-refractivity contribution is -0.115. The van der Waals surface area contributed by atoms with Crippen LogP contribution in [0.4, 0.5) is 10.5 Å². The lowest BCUT2D eigenvalue weighted by atomic mass is 10.1. The van der Waals surface area contributed by atoms with Crippen molar-refractivity contribution in [1.29, 1.82) is 0 Å². The number of carbonyl (C=O) groups excluding carboxylic acids is 2. The number of nitrogens with zero attached hydrogens (tertiary/aromatic N) is 1. The fourth-order valence-electron chi connectivity index (χ4n) is 3.53. The van der Waals surface area contributed by atoms with Gasteiger partial charge in [0.15, 0.2) is 12.2 Å². The number of benzene rings is 2. The smallest absolute Gasteiger partial charge is 0.407 e. The van der Waals surface area contributed by atoms with Crippen LogP contribution >= 0.6 is 0 Å². The lowest BCUT2D eigenvalue weighted by Crippen LogP contribution is -2.28. The van der Waals surface area contributed by atoms with Gasteiger partial charge in [-0.25, -0.2) is 9.78 Å². The van der Waals surface area contributed by atoms with Crippen LogP contribution in [0.1, 0.15) is 17.5 Å². The van der Waals surface area contributed by atoms with Crippen LogP contribution in [0, 0.1) is 0 Å². The summed E-state index contributed by atoms with van der Waals surface area (Å²) in [5.74, 6) is 0.972. The Bertz CT molecular complexity index is 1090. The molecule has 1 atom stereocenters. The SMILES string of the molecule is COc1cc(NC(=O)Cc2cccc(CNC(=O)OC3CCOC3)c2)ccc1-c1cnco1. The lowest BCUT2D eigenvalue weighted by Gasteiger charge is -2.12. The first kappa shape index (κ1) is 22.3. The minimum absolute atomic E-state index is 0.171. The van der Waals surface area contributed by atoms with E-state index in [9.17, 15) is 9.59 Å². The van der Waals surface area contributed by atoms with E-state index in [2.05, 4.69) is 15.6 Å². The Morgan fingerprint density at radius 3 is 2.82 bits per heavy atom. The average Bonchev–Trinajstić information content (AvgIpc) is 3.52. The zero-order valence-electron chi connectivity index (χ0n) is 18.2. The number of hydrogen-bond donors (Lipinski definition) is 2. The van der Waals surface area contributed by atoms with E-state index in [4.69, 9.17) is 18.6 Å². The number of ether oxygens (including phenoxy) is 3. The van der Waals surface area contributed by atoms with Crippen LogP contribution < -0.4 is 15.4 Å². The monoisotopic (exact) mass is 451 g/mol. The van der Waals surface area contributed by atoms with Crippen molar-refractivity contribution in [3.05, 3.63) is 66.2 Å². The maximum absolute atomic E-state index is 12.6. The maximum atomic E-state index is 12.6. The second-order valence-electron chi connectivity index (χ2n) is 7.57. The van der Waals surface area contributed by atoms with Crippen molar-refractivity contribution in [2.75, 3.05) is 25.6 Å². The van der Waals surface area contributed by atoms with Crippen molar-refractivity contribution in [3.8, 4) is 17.1 Å². The number of hydrogen-bond acceptors (Lipinski definition) is 7. The first-order valence-electron chi connectivity index (χ1n) is 10.6. The predicted octanol–water partition coefficient (Wildman–Crippen LogP) is 3.55. The second kappa shape index (κ2) is 10.6. The quantitative estimate of drug-likeness (QED) is 0.539. The number of anilines is 1. The number of nitrogens with one attached hydrogen (secondary N) is 2. The summed E-state index contributed by atoms with van der Waals surface area (Å²) < 4.78 is 21.2. The van der Waals surface area contributed by atoms with E-state index < -0.39 is 6.09 Å². The largest absolute Gasteiger partial charge is 0.496 e. The van der Waals surface area contributed by atoms with Crippen LogP contribution in [-0.2, 0) is 27.2 Å². The van der Waals surface area contributed by atoms with Gasteiger partial charge < -0.3 is 29.3 Å². The van der Waals surface area contributed by atoms with Gasteiger partial charge in [0, 0.05) is 24.7 Å². The molecule has 2 N–H and O–H groups in total. The van der Waals surface area contributed by atoms with Gasteiger partial charge in [-0.2, -0.15) is 0 Å². The molecule has 1 fully saturated rings. The molecule has 1 aromatic heterocycles. The first-order chi connectivity index (χ1) is 16.1. The number of rotatable bonds is 8. The van der Waals surface area contributed by atoms with Gasteiger partial charge in [0.05, 0.1) is 38.5 Å². The summed E-state index contributed by atoms with van der Waals surface area (Å²) in [5.41, 5.74) is 3.05. The summed E-state index contributed by atoms with van der Waals surface area (Å²) in [6, 6.07) is 12.8. The van der Waals surface area contributed by atoms with Crippen molar-refractivity contribution in [2.45, 2.75) is 25.5 Å². The van der Waals surface area contributed by atoms with Gasteiger partial charge in [-0.05, 0) is 23.3 Å². The molecular weight excluding hydrogens is 426 g/mol. The molecule has 9 nitrogen and oxygen atoms in total. The topological polar surface area (TPSA) is 112 Å². The highest BCUT2D eigenvalue weighted by Gasteiger charge is 2.19. The van der Waals surface area contributed by atoms with Gasteiger partial charge in [0.25, 0.3) is 0 Å². The van der Waals surface area contributed by atoms with E-state index in [1.54, 1.807) is 31.5 Å². The number of methoxy groups -OCH3 is 1. The van der Waals surface area contributed by atoms with Crippen LogP contribution in [0.2, 0.25) is 0 Å². The molecule has 1 aliphatic rings. The standard InChI is InChI=1S/C24H25N3O6/c1-30-21-11-18(5-6-20(21)22-13-25-15-32-22)27-23(28)10-16-3-2-4-17(9-16)12-26-24(29)33-19-7-8-31-14-19/h2-6,9,11,13,15,19H,7-8,10,12,14H2,1H3,(H,26,29)(H,27,28). The molecule has 0 bridgehead atoms. The summed E-state index contributed by atoms with van der Waals surface area (Å²) in [7, 11) is 1.55. The first-order valence-corrected chi connectivity index (χ1v) is 10.6. The zero-order valence-corrected chi connectivity index (χ0v) is 18.2. The van der Waals surface area contributed by atoms with Crippen molar-refractivity contribution in [1.82, 2.24) is 10.3 Å². The zero-order chi connectivity index (χ0) is 23.0. The Hall–Kier alpha value is -3.85. The molecule has 172 valence electrons. The van der Waals surface area contributed by atoms with Crippen LogP contribution in [-0.4, -0.2) is 43.4 Å². The van der Waals surface area contributed by atoms with Gasteiger partial charge >= 0.3 is 6.09 Å². The molecule has 1 saturated heterocycles. The third kappa shape index (κ3) is 6.11. The van der Waals surface area contributed by atoms with Gasteiger partial charge in [-0.1, -0.05) is 24.3 Å². The Morgan fingerprint density at radius 1 is 1.18 bits per heavy atom. The third-order valence-corrected chi connectivity index (χ3v) is 5.14. The summed E-state index contributed by atoms with van der Waals surface area (Å²) in [6.45, 7) is 1.36. The summed E-state index contributed by atoms with van der Waals surface area (Å²) in [5, 5.41) is 5.61. The Balaban J connectivity index is 1.31. The summed E-state index contributed by atoms with van der Waals surface area (Å²) in [6.07, 6.45) is 3.18. The average molecular weight is 451 g/mol. The van der Waals surface area contributed by atoms with Gasteiger partial charge in [-0.3, -0.25) is 4.79 Å². The van der Waals surface area contributed by atoms with E-state index in [0.717, 1.165) is 16.7 Å².